The van der Waals surface area contributed by atoms with Crippen molar-refractivity contribution in [1.82, 2.24) is 25.0 Å². The van der Waals surface area contributed by atoms with E-state index in [1.165, 1.54) is 0 Å². The Balaban J connectivity index is 1.24. The van der Waals surface area contributed by atoms with Crippen LogP contribution in [-0.4, -0.2) is 70.3 Å². The number of aromatic nitrogens is 3. The predicted molar refractivity (Wildman–Crippen MR) is 116 cm³/mol. The van der Waals surface area contributed by atoms with Crippen molar-refractivity contribution in [3.05, 3.63) is 60.4 Å². The second-order valence-electron chi connectivity index (χ2n) is 7.25. The van der Waals surface area contributed by atoms with E-state index in [4.69, 9.17) is 4.74 Å². The zero-order chi connectivity index (χ0) is 20.8. The lowest BCUT2D eigenvalue weighted by molar-refractivity contribution is 0.132. The van der Waals surface area contributed by atoms with Gasteiger partial charge in [-0.25, -0.2) is 9.78 Å². The number of hydrogen-bond acceptors (Lipinski definition) is 5. The Kier molecular flexibility index (Phi) is 6.24. The molecule has 0 spiro atoms. The number of ether oxygens (including phenoxy) is 1. The summed E-state index contributed by atoms with van der Waals surface area (Å²) in [6.45, 7) is 6.40. The van der Waals surface area contributed by atoms with Crippen molar-refractivity contribution < 1.29 is 9.53 Å². The van der Waals surface area contributed by atoms with Gasteiger partial charge in [-0.3, -0.25) is 10.00 Å². The fourth-order valence-electron chi connectivity index (χ4n) is 3.39. The topological polar surface area (TPSA) is 86.4 Å². The standard InChI is InChI=1S/C22H26N6O2/c1-17-23-21(26-25-17)18-6-5-7-19(16-18)24-22(29)28-12-10-27(11-13-28)14-15-30-20-8-3-2-4-9-20/h2-9,16H,10-15H2,1H3,(H,24,29)(H,23,25,26). The summed E-state index contributed by atoms with van der Waals surface area (Å²) in [5.41, 5.74) is 1.60. The molecule has 8 heteroatoms. The van der Waals surface area contributed by atoms with Crippen LogP contribution in [0.3, 0.4) is 0 Å². The van der Waals surface area contributed by atoms with Gasteiger partial charge in [0.25, 0.3) is 0 Å². The summed E-state index contributed by atoms with van der Waals surface area (Å²) in [5.74, 6) is 2.26. The van der Waals surface area contributed by atoms with E-state index in [9.17, 15) is 4.79 Å². The highest BCUT2D eigenvalue weighted by atomic mass is 16.5. The molecule has 0 bridgehead atoms. The van der Waals surface area contributed by atoms with Crippen LogP contribution in [0, 0.1) is 6.92 Å². The largest absolute Gasteiger partial charge is 0.492 e. The second kappa shape index (κ2) is 9.41. The van der Waals surface area contributed by atoms with Crippen molar-refractivity contribution >= 4 is 11.7 Å². The smallest absolute Gasteiger partial charge is 0.321 e. The van der Waals surface area contributed by atoms with E-state index < -0.39 is 0 Å². The van der Waals surface area contributed by atoms with Crippen LogP contribution in [0.5, 0.6) is 5.75 Å². The Morgan fingerprint density at radius 2 is 1.90 bits per heavy atom. The van der Waals surface area contributed by atoms with Gasteiger partial charge in [0.15, 0.2) is 5.82 Å². The third-order valence-corrected chi connectivity index (χ3v) is 5.05. The fourth-order valence-corrected chi connectivity index (χ4v) is 3.39. The molecule has 1 aliphatic heterocycles. The SMILES string of the molecule is Cc1nc(-c2cccc(NC(=O)N3CCN(CCOc4ccccc4)CC3)c2)n[nH]1. The van der Waals surface area contributed by atoms with Crippen LogP contribution in [0.15, 0.2) is 54.6 Å². The molecule has 4 rings (SSSR count). The number of rotatable bonds is 6. The number of carbonyl (C=O) groups excluding carboxylic acids is 1. The van der Waals surface area contributed by atoms with Crippen molar-refractivity contribution in [2.45, 2.75) is 6.92 Å². The lowest BCUT2D eigenvalue weighted by Gasteiger charge is -2.34. The summed E-state index contributed by atoms with van der Waals surface area (Å²) < 4.78 is 5.76. The number of benzene rings is 2. The number of para-hydroxylation sites is 1. The predicted octanol–water partition coefficient (Wildman–Crippen LogP) is 3.01. The van der Waals surface area contributed by atoms with Crippen LogP contribution in [-0.2, 0) is 0 Å². The van der Waals surface area contributed by atoms with Gasteiger partial charge in [-0.15, -0.1) is 0 Å². The molecule has 2 heterocycles. The van der Waals surface area contributed by atoms with Crippen LogP contribution < -0.4 is 10.1 Å². The summed E-state index contributed by atoms with van der Waals surface area (Å²) in [4.78, 5) is 21.2. The lowest BCUT2D eigenvalue weighted by atomic mass is 10.2. The van der Waals surface area contributed by atoms with E-state index >= 15 is 0 Å². The summed E-state index contributed by atoms with van der Waals surface area (Å²) in [5, 5.41) is 10.00. The number of urea groups is 1. The molecule has 2 N–H and O–H groups in total. The second-order valence-corrected chi connectivity index (χ2v) is 7.25. The van der Waals surface area contributed by atoms with Gasteiger partial charge in [0.2, 0.25) is 0 Å². The van der Waals surface area contributed by atoms with Crippen LogP contribution in [0.25, 0.3) is 11.4 Å². The Morgan fingerprint density at radius 3 is 2.63 bits per heavy atom. The van der Waals surface area contributed by atoms with E-state index in [1.54, 1.807) is 0 Å². The number of nitrogens with zero attached hydrogens (tertiary/aromatic N) is 4. The number of anilines is 1. The third-order valence-electron chi connectivity index (χ3n) is 5.05. The first-order valence-corrected chi connectivity index (χ1v) is 10.1. The molecule has 0 radical (unpaired) electrons. The van der Waals surface area contributed by atoms with Crippen molar-refractivity contribution in [3.8, 4) is 17.1 Å². The fraction of sp³-hybridized carbons (Fsp3) is 0.318. The first kappa shape index (κ1) is 19.9. The lowest BCUT2D eigenvalue weighted by Crippen LogP contribution is -2.50. The number of nitrogens with one attached hydrogen (secondary N) is 2. The molecule has 1 saturated heterocycles. The Bertz CT molecular complexity index is 967. The first-order valence-electron chi connectivity index (χ1n) is 10.1. The third kappa shape index (κ3) is 5.15. The maximum absolute atomic E-state index is 12.7. The molecule has 1 fully saturated rings. The highest BCUT2D eigenvalue weighted by Crippen LogP contribution is 2.20. The average molecular weight is 406 g/mol. The summed E-state index contributed by atoms with van der Waals surface area (Å²) in [6, 6.07) is 17.3. The molecule has 156 valence electrons. The Labute approximate surface area is 175 Å². The van der Waals surface area contributed by atoms with Gasteiger partial charge in [-0.05, 0) is 31.2 Å². The molecule has 0 atom stereocenters. The molecule has 2 aromatic carbocycles. The Morgan fingerprint density at radius 1 is 1.10 bits per heavy atom. The highest BCUT2D eigenvalue weighted by molar-refractivity contribution is 5.90. The molecule has 2 amide bonds. The Hall–Kier alpha value is -3.39. The van der Waals surface area contributed by atoms with Crippen molar-refractivity contribution in [2.75, 3.05) is 44.6 Å². The normalized spacial score (nSPS) is 14.5. The molecule has 1 aliphatic rings. The zero-order valence-electron chi connectivity index (χ0n) is 17.0. The monoisotopic (exact) mass is 406 g/mol. The molecule has 0 saturated carbocycles. The maximum atomic E-state index is 12.7. The van der Waals surface area contributed by atoms with E-state index in [1.807, 2.05) is 66.4 Å². The summed E-state index contributed by atoms with van der Waals surface area (Å²) in [6.07, 6.45) is 0. The molecule has 0 aliphatic carbocycles. The molecule has 30 heavy (non-hydrogen) atoms. The number of H-pyrrole nitrogens is 1. The van der Waals surface area contributed by atoms with E-state index in [-0.39, 0.29) is 6.03 Å². The van der Waals surface area contributed by atoms with Gasteiger partial charge >= 0.3 is 6.03 Å². The van der Waals surface area contributed by atoms with E-state index in [0.29, 0.717) is 25.5 Å². The number of amides is 2. The minimum atomic E-state index is -0.0847. The van der Waals surface area contributed by atoms with E-state index in [2.05, 4.69) is 25.4 Å². The van der Waals surface area contributed by atoms with Crippen LogP contribution in [0.1, 0.15) is 5.82 Å². The van der Waals surface area contributed by atoms with Gasteiger partial charge in [-0.2, -0.15) is 5.10 Å². The first-order chi connectivity index (χ1) is 14.7. The number of carbonyl (C=O) groups is 1. The average Bonchev–Trinajstić information content (AvgIpc) is 3.21. The van der Waals surface area contributed by atoms with Gasteiger partial charge in [0.05, 0.1) is 0 Å². The van der Waals surface area contributed by atoms with Crippen molar-refractivity contribution in [2.24, 2.45) is 0 Å². The maximum Gasteiger partial charge on any atom is 0.321 e. The number of aromatic amines is 1. The summed E-state index contributed by atoms with van der Waals surface area (Å²) >= 11 is 0. The summed E-state index contributed by atoms with van der Waals surface area (Å²) in [7, 11) is 0. The minimum Gasteiger partial charge on any atom is -0.492 e. The minimum absolute atomic E-state index is 0.0847. The van der Waals surface area contributed by atoms with Gasteiger partial charge in [0.1, 0.15) is 18.2 Å². The van der Waals surface area contributed by atoms with Crippen molar-refractivity contribution in [1.29, 1.82) is 0 Å². The zero-order valence-corrected chi connectivity index (χ0v) is 17.0. The molecule has 0 unspecified atom stereocenters. The quantitative estimate of drug-likeness (QED) is 0.657. The van der Waals surface area contributed by atoms with Crippen LogP contribution in [0.2, 0.25) is 0 Å². The van der Waals surface area contributed by atoms with Crippen molar-refractivity contribution in [3.63, 3.8) is 0 Å². The number of aryl methyl sites for hydroxylation is 1. The van der Waals surface area contributed by atoms with Gasteiger partial charge in [-0.1, -0.05) is 30.3 Å². The van der Waals surface area contributed by atoms with Crippen LogP contribution >= 0.6 is 0 Å². The van der Waals surface area contributed by atoms with Crippen LogP contribution in [0.4, 0.5) is 10.5 Å². The number of hydrogen-bond donors (Lipinski definition) is 2. The van der Waals surface area contributed by atoms with Gasteiger partial charge in [0, 0.05) is 44.0 Å². The molecular formula is C22H26N6O2. The van der Waals surface area contributed by atoms with Gasteiger partial charge < -0.3 is 15.0 Å². The highest BCUT2D eigenvalue weighted by Gasteiger charge is 2.21. The molecule has 8 nitrogen and oxygen atoms in total. The van der Waals surface area contributed by atoms with E-state index in [0.717, 1.165) is 42.5 Å². The molecule has 3 aromatic rings. The number of piperazine rings is 1. The molecule has 1 aromatic heterocycles. The molecular weight excluding hydrogens is 380 g/mol.